The van der Waals surface area contributed by atoms with Gasteiger partial charge in [0.1, 0.15) is 12.4 Å². The molecule has 0 spiro atoms. The van der Waals surface area contributed by atoms with Crippen LogP contribution in [0.15, 0.2) is 6.33 Å². The van der Waals surface area contributed by atoms with Gasteiger partial charge in [0.15, 0.2) is 5.82 Å². The zero-order valence-corrected chi connectivity index (χ0v) is 10.4. The summed E-state index contributed by atoms with van der Waals surface area (Å²) in [5.41, 5.74) is 0. The summed E-state index contributed by atoms with van der Waals surface area (Å²) in [6.07, 6.45) is 0.875. The lowest BCUT2D eigenvalue weighted by Crippen LogP contribution is -2.50. The molecule has 1 atom stereocenters. The van der Waals surface area contributed by atoms with Gasteiger partial charge in [-0.1, -0.05) is 0 Å². The minimum Gasteiger partial charge on any atom is -0.481 e. The van der Waals surface area contributed by atoms with Crippen LogP contribution in [-0.2, 0) is 22.7 Å². The van der Waals surface area contributed by atoms with Crippen molar-refractivity contribution < 1.29 is 24.6 Å². The van der Waals surface area contributed by atoms with Crippen molar-refractivity contribution in [1.29, 1.82) is 0 Å². The first kappa shape index (κ1) is 13.8. The van der Waals surface area contributed by atoms with Crippen LogP contribution in [0, 0.1) is 0 Å². The normalized spacial score (nSPS) is 15.3. The van der Waals surface area contributed by atoms with Crippen molar-refractivity contribution in [2.24, 2.45) is 0 Å². The van der Waals surface area contributed by atoms with Gasteiger partial charge >= 0.3 is 18.0 Å². The topological polar surface area (TPSA) is 138 Å². The standard InChI is InChI=1S/C10H13N5O5/c16-8(17)3-6(9(18)19)12-10(20)14-1-2-15-5-11-13-7(15)4-14/h5-6H,1-4H2,(H,12,20)(H,16,17)(H,18,19)/t6-/m1/s1. The van der Waals surface area contributed by atoms with Gasteiger partial charge in [-0.15, -0.1) is 10.2 Å². The second kappa shape index (κ2) is 5.55. The number of fused-ring (bicyclic) bond motifs is 1. The molecular weight excluding hydrogens is 270 g/mol. The quantitative estimate of drug-likeness (QED) is 0.626. The minimum atomic E-state index is -1.46. The number of hydrogen-bond donors (Lipinski definition) is 3. The number of amides is 2. The fourth-order valence-corrected chi connectivity index (χ4v) is 1.85. The SMILES string of the molecule is O=C(O)C[C@@H](NC(=O)N1CCn2cnnc2C1)C(=O)O. The number of nitrogens with one attached hydrogen (secondary N) is 1. The van der Waals surface area contributed by atoms with E-state index in [2.05, 4.69) is 15.5 Å². The van der Waals surface area contributed by atoms with Crippen LogP contribution in [0.4, 0.5) is 4.79 Å². The molecule has 0 aromatic carbocycles. The third-order valence-corrected chi connectivity index (χ3v) is 2.90. The highest BCUT2D eigenvalue weighted by atomic mass is 16.4. The monoisotopic (exact) mass is 283 g/mol. The average molecular weight is 283 g/mol. The predicted octanol–water partition coefficient (Wildman–Crippen LogP) is -1.27. The van der Waals surface area contributed by atoms with E-state index in [1.165, 1.54) is 4.90 Å². The maximum absolute atomic E-state index is 11.9. The molecule has 2 heterocycles. The Hall–Kier alpha value is -2.65. The highest BCUT2D eigenvalue weighted by molar-refractivity contribution is 5.86. The molecule has 2 amide bonds. The van der Waals surface area contributed by atoms with E-state index in [1.54, 1.807) is 10.9 Å². The molecule has 1 aliphatic heterocycles. The summed E-state index contributed by atoms with van der Waals surface area (Å²) < 4.78 is 1.79. The van der Waals surface area contributed by atoms with Gasteiger partial charge in [0, 0.05) is 13.1 Å². The Labute approximate surface area is 113 Å². The molecule has 1 aromatic heterocycles. The molecule has 0 saturated carbocycles. The molecule has 108 valence electrons. The second-order valence-corrected chi connectivity index (χ2v) is 4.30. The molecule has 2 rings (SSSR count). The molecule has 0 radical (unpaired) electrons. The van der Waals surface area contributed by atoms with E-state index in [0.29, 0.717) is 18.9 Å². The van der Waals surface area contributed by atoms with E-state index < -0.39 is 30.4 Å². The number of carboxylic acids is 2. The van der Waals surface area contributed by atoms with Crippen molar-refractivity contribution in [2.45, 2.75) is 25.6 Å². The summed E-state index contributed by atoms with van der Waals surface area (Å²) >= 11 is 0. The Morgan fingerprint density at radius 1 is 1.35 bits per heavy atom. The minimum absolute atomic E-state index is 0.200. The molecule has 1 aromatic rings. The van der Waals surface area contributed by atoms with Crippen molar-refractivity contribution in [3.63, 3.8) is 0 Å². The molecule has 0 bridgehead atoms. The number of carboxylic acid groups (broad SMARTS) is 2. The van der Waals surface area contributed by atoms with Crippen molar-refractivity contribution in [2.75, 3.05) is 6.54 Å². The molecule has 20 heavy (non-hydrogen) atoms. The lowest BCUT2D eigenvalue weighted by Gasteiger charge is -2.28. The molecule has 10 heteroatoms. The molecule has 0 saturated heterocycles. The molecule has 3 N–H and O–H groups in total. The summed E-state index contributed by atoms with van der Waals surface area (Å²) in [5.74, 6) is -2.09. The lowest BCUT2D eigenvalue weighted by atomic mass is 10.2. The predicted molar refractivity (Wildman–Crippen MR) is 62.6 cm³/mol. The molecular formula is C10H13N5O5. The van der Waals surface area contributed by atoms with E-state index in [9.17, 15) is 14.4 Å². The van der Waals surface area contributed by atoms with Crippen LogP contribution in [0.5, 0.6) is 0 Å². The zero-order valence-electron chi connectivity index (χ0n) is 10.4. The Bertz CT molecular complexity index is 542. The van der Waals surface area contributed by atoms with Crippen LogP contribution in [0.1, 0.15) is 12.2 Å². The van der Waals surface area contributed by atoms with Crippen LogP contribution >= 0.6 is 0 Å². The number of carbonyl (C=O) groups is 3. The van der Waals surface area contributed by atoms with Gasteiger partial charge in [-0.3, -0.25) is 4.79 Å². The van der Waals surface area contributed by atoms with Crippen LogP contribution in [0.2, 0.25) is 0 Å². The Balaban J connectivity index is 1.98. The summed E-state index contributed by atoms with van der Waals surface area (Å²) in [6.45, 7) is 1.08. The second-order valence-electron chi connectivity index (χ2n) is 4.30. The van der Waals surface area contributed by atoms with E-state index >= 15 is 0 Å². The number of hydrogen-bond acceptors (Lipinski definition) is 5. The molecule has 0 unspecified atom stereocenters. The Morgan fingerprint density at radius 3 is 2.75 bits per heavy atom. The number of urea groups is 1. The molecule has 0 aliphatic carbocycles. The fraction of sp³-hybridized carbons (Fsp3) is 0.500. The fourth-order valence-electron chi connectivity index (χ4n) is 1.85. The first-order valence-electron chi connectivity index (χ1n) is 5.84. The maximum atomic E-state index is 11.9. The zero-order chi connectivity index (χ0) is 14.7. The van der Waals surface area contributed by atoms with E-state index in [-0.39, 0.29) is 6.54 Å². The van der Waals surface area contributed by atoms with E-state index in [1.807, 2.05) is 0 Å². The van der Waals surface area contributed by atoms with Gasteiger partial charge in [-0.25, -0.2) is 9.59 Å². The summed E-state index contributed by atoms with van der Waals surface area (Å²) in [5, 5.41) is 27.2. The third kappa shape index (κ3) is 3.02. The average Bonchev–Trinajstić information content (AvgIpc) is 2.84. The Kier molecular flexibility index (Phi) is 3.82. The third-order valence-electron chi connectivity index (χ3n) is 2.90. The molecule has 1 aliphatic rings. The number of aliphatic carboxylic acids is 2. The maximum Gasteiger partial charge on any atom is 0.326 e. The first-order valence-corrected chi connectivity index (χ1v) is 5.84. The van der Waals surface area contributed by atoms with Crippen molar-refractivity contribution in [3.05, 3.63) is 12.2 Å². The van der Waals surface area contributed by atoms with Crippen LogP contribution in [-0.4, -0.2) is 60.4 Å². The number of carbonyl (C=O) groups excluding carboxylic acids is 1. The summed E-state index contributed by atoms with van der Waals surface area (Å²) in [4.78, 5) is 34.7. The molecule has 10 nitrogen and oxygen atoms in total. The smallest absolute Gasteiger partial charge is 0.326 e. The van der Waals surface area contributed by atoms with Gasteiger partial charge < -0.3 is 25.0 Å². The van der Waals surface area contributed by atoms with Crippen LogP contribution < -0.4 is 5.32 Å². The van der Waals surface area contributed by atoms with Crippen molar-refractivity contribution in [3.8, 4) is 0 Å². The number of nitrogens with zero attached hydrogens (tertiary/aromatic N) is 4. The van der Waals surface area contributed by atoms with Crippen molar-refractivity contribution in [1.82, 2.24) is 25.0 Å². The van der Waals surface area contributed by atoms with Gasteiger partial charge in [-0.05, 0) is 0 Å². The summed E-state index contributed by atoms with van der Waals surface area (Å²) in [6, 6.07) is -2.09. The number of aromatic nitrogens is 3. The number of rotatable bonds is 4. The highest BCUT2D eigenvalue weighted by Gasteiger charge is 2.27. The largest absolute Gasteiger partial charge is 0.481 e. The Morgan fingerprint density at radius 2 is 2.10 bits per heavy atom. The van der Waals surface area contributed by atoms with Gasteiger partial charge in [0.25, 0.3) is 0 Å². The van der Waals surface area contributed by atoms with Gasteiger partial charge in [0.2, 0.25) is 0 Å². The van der Waals surface area contributed by atoms with Crippen LogP contribution in [0.25, 0.3) is 0 Å². The van der Waals surface area contributed by atoms with Gasteiger partial charge in [-0.2, -0.15) is 0 Å². The highest BCUT2D eigenvalue weighted by Crippen LogP contribution is 2.09. The first-order chi connectivity index (χ1) is 9.47. The lowest BCUT2D eigenvalue weighted by molar-refractivity contribution is -0.145. The van der Waals surface area contributed by atoms with Gasteiger partial charge in [0.05, 0.1) is 13.0 Å². The van der Waals surface area contributed by atoms with E-state index in [4.69, 9.17) is 10.2 Å². The van der Waals surface area contributed by atoms with Crippen molar-refractivity contribution >= 4 is 18.0 Å². The summed E-state index contributed by atoms with van der Waals surface area (Å²) in [7, 11) is 0. The van der Waals surface area contributed by atoms with E-state index in [0.717, 1.165) is 0 Å². The van der Waals surface area contributed by atoms with Crippen LogP contribution in [0.3, 0.4) is 0 Å². The molecule has 0 fully saturated rings.